The number of amides is 1. The maximum atomic E-state index is 13.5. The molecule has 29 heavy (non-hydrogen) atoms. The molecule has 152 valence electrons. The molecular formula is C23H28N4O2. The quantitative estimate of drug-likeness (QED) is 0.600. The highest BCUT2D eigenvalue weighted by atomic mass is 16.5. The van der Waals surface area contributed by atoms with Crippen LogP contribution in [-0.4, -0.2) is 34.4 Å². The zero-order valence-electron chi connectivity index (χ0n) is 17.1. The molecule has 2 heterocycles. The average molecular weight is 393 g/mol. The van der Waals surface area contributed by atoms with E-state index in [1.807, 2.05) is 43.5 Å². The molecular weight excluding hydrogens is 364 g/mol. The lowest BCUT2D eigenvalue weighted by Gasteiger charge is -2.49. The van der Waals surface area contributed by atoms with Gasteiger partial charge in [0.2, 0.25) is 5.91 Å². The molecule has 0 radical (unpaired) electrons. The fourth-order valence-electron chi connectivity index (χ4n) is 4.92. The van der Waals surface area contributed by atoms with E-state index in [1.54, 1.807) is 13.2 Å². The van der Waals surface area contributed by atoms with Crippen molar-refractivity contribution in [1.29, 1.82) is 5.41 Å². The Labute approximate surface area is 171 Å². The van der Waals surface area contributed by atoms with Gasteiger partial charge in [-0.1, -0.05) is 18.6 Å². The van der Waals surface area contributed by atoms with E-state index in [0.717, 1.165) is 48.1 Å². The Hall–Kier alpha value is -2.89. The molecule has 6 nitrogen and oxygen atoms in total. The number of aromatic nitrogens is 1. The lowest BCUT2D eigenvalue weighted by Crippen LogP contribution is -2.56. The minimum absolute atomic E-state index is 0.164. The Morgan fingerprint density at radius 2 is 1.97 bits per heavy atom. The standard InChI is InChI=1S/C23H28N4O2/c1-22(20(28)27(2)21(24)25)15-23(10-4-3-5-11-23)29-19-9-8-16(13-18(19)22)17-7-6-12-26-14-17/h6-9,12-14H,3-5,10-11,15H2,1-2H3,(H3,24,25). The molecule has 0 bridgehead atoms. The first-order chi connectivity index (χ1) is 13.8. The molecule has 1 amide bonds. The molecule has 1 aliphatic carbocycles. The number of hydrogen-bond donors (Lipinski definition) is 2. The van der Waals surface area contributed by atoms with Crippen LogP contribution >= 0.6 is 0 Å². The van der Waals surface area contributed by atoms with Crippen molar-refractivity contribution in [2.75, 3.05) is 7.05 Å². The van der Waals surface area contributed by atoms with Crippen LogP contribution in [0.2, 0.25) is 0 Å². The molecule has 0 saturated heterocycles. The van der Waals surface area contributed by atoms with Crippen molar-refractivity contribution in [1.82, 2.24) is 9.88 Å². The predicted octanol–water partition coefficient (Wildman–Crippen LogP) is 3.84. The van der Waals surface area contributed by atoms with Crippen LogP contribution in [-0.2, 0) is 10.2 Å². The zero-order chi connectivity index (χ0) is 20.6. The SMILES string of the molecule is CN(C(=N)N)C(=O)C1(C)CC2(CCCCC2)Oc2ccc(-c3cccnc3)cc21. The van der Waals surface area contributed by atoms with E-state index in [9.17, 15) is 4.79 Å². The first kappa shape index (κ1) is 19.4. The molecule has 6 heteroatoms. The number of ether oxygens (including phenoxy) is 1. The maximum absolute atomic E-state index is 13.5. The van der Waals surface area contributed by atoms with Crippen molar-refractivity contribution in [3.63, 3.8) is 0 Å². The predicted molar refractivity (Wildman–Crippen MR) is 113 cm³/mol. The molecule has 1 spiro atoms. The second-order valence-electron chi connectivity index (χ2n) is 8.56. The van der Waals surface area contributed by atoms with Gasteiger partial charge in [0.1, 0.15) is 11.4 Å². The van der Waals surface area contributed by atoms with Crippen molar-refractivity contribution in [3.8, 4) is 16.9 Å². The van der Waals surface area contributed by atoms with Gasteiger partial charge in [-0.25, -0.2) is 0 Å². The Morgan fingerprint density at radius 3 is 2.62 bits per heavy atom. The lowest BCUT2D eigenvalue weighted by atomic mass is 9.66. The van der Waals surface area contributed by atoms with E-state index in [4.69, 9.17) is 15.9 Å². The summed E-state index contributed by atoms with van der Waals surface area (Å²) < 4.78 is 6.57. The maximum Gasteiger partial charge on any atom is 0.239 e. The number of nitrogens with two attached hydrogens (primary N) is 1. The third kappa shape index (κ3) is 3.37. The fraction of sp³-hybridized carbons (Fsp3) is 0.435. The lowest BCUT2D eigenvalue weighted by molar-refractivity contribution is -0.136. The third-order valence-electron chi connectivity index (χ3n) is 6.47. The van der Waals surface area contributed by atoms with Crippen molar-refractivity contribution in [3.05, 3.63) is 48.3 Å². The van der Waals surface area contributed by atoms with Crippen LogP contribution in [0.1, 0.15) is 51.0 Å². The summed E-state index contributed by atoms with van der Waals surface area (Å²) >= 11 is 0. The van der Waals surface area contributed by atoms with Gasteiger partial charge in [-0.15, -0.1) is 0 Å². The number of likely N-dealkylation sites (N-methyl/N-ethyl adjacent to an activating group) is 1. The van der Waals surface area contributed by atoms with E-state index < -0.39 is 5.41 Å². The summed E-state index contributed by atoms with van der Waals surface area (Å²) in [4.78, 5) is 19.0. The zero-order valence-corrected chi connectivity index (χ0v) is 17.1. The minimum atomic E-state index is -0.816. The Balaban J connectivity index is 1.84. The summed E-state index contributed by atoms with van der Waals surface area (Å²) in [6.45, 7) is 1.97. The number of rotatable bonds is 2. The van der Waals surface area contributed by atoms with Crippen molar-refractivity contribution in [2.45, 2.75) is 56.5 Å². The molecule has 2 aliphatic rings. The monoisotopic (exact) mass is 392 g/mol. The highest BCUT2D eigenvalue weighted by Gasteiger charge is 2.52. The number of fused-ring (bicyclic) bond motifs is 1. The van der Waals surface area contributed by atoms with E-state index in [2.05, 4.69) is 4.98 Å². The van der Waals surface area contributed by atoms with Gasteiger partial charge in [0.25, 0.3) is 0 Å². The number of pyridine rings is 1. The third-order valence-corrected chi connectivity index (χ3v) is 6.47. The number of carbonyl (C=O) groups is 1. The van der Waals surface area contributed by atoms with Crippen LogP contribution in [0, 0.1) is 5.41 Å². The topological polar surface area (TPSA) is 92.3 Å². The molecule has 1 fully saturated rings. The van der Waals surface area contributed by atoms with Gasteiger partial charge < -0.3 is 10.5 Å². The van der Waals surface area contributed by atoms with Gasteiger partial charge in [-0.2, -0.15) is 0 Å². The minimum Gasteiger partial charge on any atom is -0.487 e. The Morgan fingerprint density at radius 1 is 1.21 bits per heavy atom. The van der Waals surface area contributed by atoms with Crippen molar-refractivity contribution in [2.24, 2.45) is 5.73 Å². The van der Waals surface area contributed by atoms with Gasteiger partial charge >= 0.3 is 0 Å². The van der Waals surface area contributed by atoms with Crippen LogP contribution < -0.4 is 10.5 Å². The molecule has 1 atom stereocenters. The number of nitrogens with one attached hydrogen (secondary N) is 1. The van der Waals surface area contributed by atoms with Crippen molar-refractivity contribution < 1.29 is 9.53 Å². The largest absolute Gasteiger partial charge is 0.487 e. The second-order valence-corrected chi connectivity index (χ2v) is 8.56. The smallest absolute Gasteiger partial charge is 0.239 e. The fourth-order valence-corrected chi connectivity index (χ4v) is 4.92. The summed E-state index contributed by atoms with van der Waals surface area (Å²) in [6, 6.07) is 9.94. The summed E-state index contributed by atoms with van der Waals surface area (Å²) in [5.74, 6) is 0.354. The molecule has 1 unspecified atom stereocenters. The van der Waals surface area contributed by atoms with Crippen LogP contribution in [0.5, 0.6) is 5.75 Å². The molecule has 2 aromatic rings. The van der Waals surface area contributed by atoms with E-state index in [0.29, 0.717) is 6.42 Å². The molecule has 1 aliphatic heterocycles. The molecule has 1 saturated carbocycles. The number of guanidine groups is 1. The number of benzene rings is 1. The Bertz CT molecular complexity index is 937. The van der Waals surface area contributed by atoms with Gasteiger partial charge in [0.05, 0.1) is 5.41 Å². The first-order valence-electron chi connectivity index (χ1n) is 10.2. The number of nitrogens with zero attached hydrogens (tertiary/aromatic N) is 2. The van der Waals surface area contributed by atoms with Crippen molar-refractivity contribution >= 4 is 11.9 Å². The average Bonchev–Trinajstić information content (AvgIpc) is 2.73. The van der Waals surface area contributed by atoms with E-state index >= 15 is 0 Å². The van der Waals surface area contributed by atoms with Gasteiger partial charge in [-0.05, 0) is 56.4 Å². The second kappa shape index (κ2) is 7.17. The highest BCUT2D eigenvalue weighted by molar-refractivity contribution is 6.00. The van der Waals surface area contributed by atoms with Gasteiger partial charge in [0.15, 0.2) is 5.96 Å². The Kier molecular flexibility index (Phi) is 4.81. The molecule has 1 aromatic carbocycles. The number of hydrogen-bond acceptors (Lipinski definition) is 4. The van der Waals surface area contributed by atoms with Crippen LogP contribution in [0.3, 0.4) is 0 Å². The molecule has 3 N–H and O–H groups in total. The first-order valence-corrected chi connectivity index (χ1v) is 10.2. The number of carbonyl (C=O) groups excluding carboxylic acids is 1. The molecule has 4 rings (SSSR count). The van der Waals surface area contributed by atoms with Crippen LogP contribution in [0.25, 0.3) is 11.1 Å². The van der Waals surface area contributed by atoms with Crippen LogP contribution in [0.4, 0.5) is 0 Å². The summed E-state index contributed by atoms with van der Waals surface area (Å²) in [7, 11) is 1.57. The van der Waals surface area contributed by atoms with Gasteiger partial charge in [0, 0.05) is 37.0 Å². The van der Waals surface area contributed by atoms with E-state index in [1.165, 1.54) is 11.3 Å². The summed E-state index contributed by atoms with van der Waals surface area (Å²) in [5, 5.41) is 7.78. The highest BCUT2D eigenvalue weighted by Crippen LogP contribution is 2.51. The normalized spacial score (nSPS) is 22.4. The summed E-state index contributed by atoms with van der Waals surface area (Å²) in [6.07, 6.45) is 9.47. The summed E-state index contributed by atoms with van der Waals surface area (Å²) in [5.41, 5.74) is 7.35. The van der Waals surface area contributed by atoms with E-state index in [-0.39, 0.29) is 17.5 Å². The molecule has 1 aromatic heterocycles. The van der Waals surface area contributed by atoms with Crippen LogP contribution in [0.15, 0.2) is 42.7 Å². The van der Waals surface area contributed by atoms with Gasteiger partial charge in [-0.3, -0.25) is 20.1 Å².